The number of esters is 1. The lowest BCUT2D eigenvalue weighted by Gasteiger charge is -2.32. The Kier molecular flexibility index (Phi) is 4.77. The lowest BCUT2D eigenvalue weighted by atomic mass is 9.78. The van der Waals surface area contributed by atoms with Gasteiger partial charge in [-0.15, -0.1) is 0 Å². The first-order valence-corrected chi connectivity index (χ1v) is 8.13. The predicted octanol–water partition coefficient (Wildman–Crippen LogP) is 2.95. The van der Waals surface area contributed by atoms with Crippen LogP contribution in [0.1, 0.15) is 58.8 Å². The Morgan fingerprint density at radius 2 is 1.58 bits per heavy atom. The molecule has 0 bridgehead atoms. The molecule has 132 valence electrons. The van der Waals surface area contributed by atoms with Gasteiger partial charge in [-0.05, 0) is 72.1 Å². The van der Waals surface area contributed by atoms with Crippen molar-refractivity contribution >= 4 is 18.6 Å². The second-order valence-electron chi connectivity index (χ2n) is 8.08. The molecule has 0 radical (unpaired) electrons. The third-order valence-electron chi connectivity index (χ3n) is 4.32. The molecule has 5 nitrogen and oxygen atoms in total. The number of methoxy groups -OCH3 is 1. The summed E-state index contributed by atoms with van der Waals surface area (Å²) in [4.78, 5) is 12.4. The van der Waals surface area contributed by atoms with Crippen LogP contribution >= 0.6 is 0 Å². The van der Waals surface area contributed by atoms with Crippen molar-refractivity contribution < 1.29 is 23.6 Å². The topological polar surface area (TPSA) is 54.0 Å². The molecule has 1 aromatic rings. The van der Waals surface area contributed by atoms with Gasteiger partial charge in [-0.1, -0.05) is 0 Å². The Balaban J connectivity index is 2.35. The molecule has 1 heterocycles. The van der Waals surface area contributed by atoms with Gasteiger partial charge in [-0.2, -0.15) is 0 Å². The van der Waals surface area contributed by atoms with Crippen LogP contribution < -0.4 is 10.2 Å². The number of rotatable bonds is 3. The fourth-order valence-electron chi connectivity index (χ4n) is 2.31. The first-order chi connectivity index (χ1) is 10.8. The van der Waals surface area contributed by atoms with Gasteiger partial charge in [0, 0.05) is 0 Å². The molecule has 0 atom stereocenters. The van der Waals surface area contributed by atoms with Gasteiger partial charge in [0.1, 0.15) is 11.4 Å². The number of hydrogen-bond acceptors (Lipinski definition) is 5. The minimum Gasteiger partial charge on any atom is -0.497 e. The number of benzene rings is 1. The van der Waals surface area contributed by atoms with Crippen LogP contribution in [-0.2, 0) is 14.0 Å². The first kappa shape index (κ1) is 18.8. The van der Waals surface area contributed by atoms with Crippen LogP contribution in [-0.4, -0.2) is 37.0 Å². The van der Waals surface area contributed by atoms with E-state index in [0.717, 1.165) is 5.46 Å². The highest BCUT2D eigenvalue weighted by molar-refractivity contribution is 6.62. The molecule has 0 amide bonds. The fraction of sp³-hybridized carbons (Fsp3) is 0.611. The lowest BCUT2D eigenvalue weighted by molar-refractivity contribution is 0.00578. The number of hydrogen-bond donors (Lipinski definition) is 0. The van der Waals surface area contributed by atoms with Crippen LogP contribution in [0.2, 0.25) is 0 Å². The minimum absolute atomic E-state index is 0.404. The van der Waals surface area contributed by atoms with Crippen LogP contribution in [0, 0.1) is 0 Å². The van der Waals surface area contributed by atoms with Crippen LogP contribution in [0.4, 0.5) is 0 Å². The monoisotopic (exact) mass is 334 g/mol. The highest BCUT2D eigenvalue weighted by atomic mass is 16.7. The predicted molar refractivity (Wildman–Crippen MR) is 93.9 cm³/mol. The Hall–Kier alpha value is -1.53. The first-order valence-electron chi connectivity index (χ1n) is 8.13. The van der Waals surface area contributed by atoms with E-state index in [9.17, 15) is 4.79 Å². The summed E-state index contributed by atoms with van der Waals surface area (Å²) < 4.78 is 22.9. The zero-order valence-corrected chi connectivity index (χ0v) is 15.9. The van der Waals surface area contributed by atoms with Crippen LogP contribution in [0.3, 0.4) is 0 Å². The summed E-state index contributed by atoms with van der Waals surface area (Å²) in [5, 5.41) is 0. The van der Waals surface area contributed by atoms with Gasteiger partial charge in [0.25, 0.3) is 0 Å². The SMILES string of the molecule is COc1cc(B2OC(C)(C)C(C)(C)O2)cc(C(=O)OC(C)(C)C)c1. The Labute approximate surface area is 144 Å². The van der Waals surface area contributed by atoms with Crippen molar-refractivity contribution in [3.05, 3.63) is 23.8 Å². The van der Waals surface area contributed by atoms with Crippen molar-refractivity contribution in [2.45, 2.75) is 65.3 Å². The van der Waals surface area contributed by atoms with Crippen molar-refractivity contribution in [1.82, 2.24) is 0 Å². The second-order valence-corrected chi connectivity index (χ2v) is 8.08. The maximum atomic E-state index is 12.4. The van der Waals surface area contributed by atoms with Gasteiger partial charge in [0.15, 0.2) is 0 Å². The molecule has 0 aromatic heterocycles. The Morgan fingerprint density at radius 1 is 1.04 bits per heavy atom. The Bertz CT molecular complexity index is 615. The van der Waals surface area contributed by atoms with Gasteiger partial charge in [-0.3, -0.25) is 0 Å². The van der Waals surface area contributed by atoms with E-state index in [2.05, 4.69) is 0 Å². The molecule has 0 N–H and O–H groups in total. The lowest BCUT2D eigenvalue weighted by Crippen LogP contribution is -2.41. The molecule has 6 heteroatoms. The summed E-state index contributed by atoms with van der Waals surface area (Å²) in [6.07, 6.45) is 0. The maximum absolute atomic E-state index is 12.4. The summed E-state index contributed by atoms with van der Waals surface area (Å²) in [6.45, 7) is 13.5. The van der Waals surface area contributed by atoms with Gasteiger partial charge in [-0.25, -0.2) is 4.79 Å². The second kappa shape index (κ2) is 6.08. The van der Waals surface area contributed by atoms with Crippen LogP contribution in [0.15, 0.2) is 18.2 Å². The zero-order valence-electron chi connectivity index (χ0n) is 15.9. The van der Waals surface area contributed by atoms with E-state index < -0.39 is 29.9 Å². The molecule has 0 saturated carbocycles. The van der Waals surface area contributed by atoms with E-state index in [0.29, 0.717) is 11.3 Å². The summed E-state index contributed by atoms with van der Waals surface area (Å²) in [7, 11) is 0.994. The quantitative estimate of drug-likeness (QED) is 0.628. The minimum atomic E-state index is -0.565. The van der Waals surface area contributed by atoms with E-state index in [4.69, 9.17) is 18.8 Å². The zero-order chi connectivity index (χ0) is 18.3. The van der Waals surface area contributed by atoms with Crippen LogP contribution in [0.5, 0.6) is 5.75 Å². The van der Waals surface area contributed by atoms with Crippen molar-refractivity contribution in [2.75, 3.05) is 7.11 Å². The summed E-state index contributed by atoms with van der Waals surface area (Å²) in [5.41, 5.74) is -0.326. The number of carbonyl (C=O) groups is 1. The molecule has 0 unspecified atom stereocenters. The molecule has 1 aromatic carbocycles. The third kappa shape index (κ3) is 3.93. The maximum Gasteiger partial charge on any atom is 0.494 e. The van der Waals surface area contributed by atoms with Gasteiger partial charge < -0.3 is 18.8 Å². The van der Waals surface area contributed by atoms with Crippen molar-refractivity contribution in [3.8, 4) is 5.75 Å². The fourth-order valence-corrected chi connectivity index (χ4v) is 2.31. The highest BCUT2D eigenvalue weighted by Crippen LogP contribution is 2.36. The van der Waals surface area contributed by atoms with Crippen LogP contribution in [0.25, 0.3) is 0 Å². The standard InChI is InChI=1S/C18H27BO5/c1-16(2,3)22-15(20)12-9-13(11-14(10-12)21-8)19-23-17(4,5)18(6,7)24-19/h9-11H,1-8H3. The summed E-state index contributed by atoms with van der Waals surface area (Å²) in [6, 6.07) is 5.21. The number of carbonyl (C=O) groups excluding carboxylic acids is 1. The molecule has 0 spiro atoms. The van der Waals surface area contributed by atoms with E-state index >= 15 is 0 Å². The van der Waals surface area contributed by atoms with E-state index in [1.165, 1.54) is 0 Å². The highest BCUT2D eigenvalue weighted by Gasteiger charge is 2.51. The van der Waals surface area contributed by atoms with Gasteiger partial charge in [0.2, 0.25) is 0 Å². The largest absolute Gasteiger partial charge is 0.497 e. The normalized spacial score (nSPS) is 19.2. The van der Waals surface area contributed by atoms with E-state index in [1.807, 2.05) is 54.5 Å². The van der Waals surface area contributed by atoms with E-state index in [-0.39, 0.29) is 0 Å². The molecule has 1 aliphatic heterocycles. The molecule has 0 aliphatic carbocycles. The average Bonchev–Trinajstić information content (AvgIpc) is 2.65. The van der Waals surface area contributed by atoms with E-state index in [1.54, 1.807) is 19.2 Å². The van der Waals surface area contributed by atoms with Gasteiger partial charge >= 0.3 is 13.1 Å². The number of ether oxygens (including phenoxy) is 2. The van der Waals surface area contributed by atoms with Crippen molar-refractivity contribution in [1.29, 1.82) is 0 Å². The molecule has 24 heavy (non-hydrogen) atoms. The summed E-state index contributed by atoms with van der Waals surface area (Å²) in [5.74, 6) is 0.155. The average molecular weight is 334 g/mol. The Morgan fingerprint density at radius 3 is 2.04 bits per heavy atom. The molecule has 1 fully saturated rings. The molecule has 2 rings (SSSR count). The van der Waals surface area contributed by atoms with Crippen molar-refractivity contribution in [3.63, 3.8) is 0 Å². The summed E-state index contributed by atoms with van der Waals surface area (Å²) >= 11 is 0. The molecular weight excluding hydrogens is 307 g/mol. The smallest absolute Gasteiger partial charge is 0.494 e. The molecular formula is C18H27BO5. The third-order valence-corrected chi connectivity index (χ3v) is 4.32. The van der Waals surface area contributed by atoms with Crippen molar-refractivity contribution in [2.24, 2.45) is 0 Å². The molecule has 1 saturated heterocycles. The molecule has 1 aliphatic rings. The van der Waals surface area contributed by atoms with Gasteiger partial charge in [0.05, 0.1) is 23.9 Å².